The number of aliphatic hydroxyl groups is 1. The Kier molecular flexibility index (Phi) is 6.19. The molecule has 1 aromatic carbocycles. The minimum atomic E-state index is -0.615. The average molecular weight is 264 g/mol. The Morgan fingerprint density at radius 1 is 1.16 bits per heavy atom. The fourth-order valence-electron chi connectivity index (χ4n) is 1.99. The number of hydrogen-bond acceptors (Lipinski definition) is 3. The molecule has 1 rings (SSSR count). The first-order valence-electron chi connectivity index (χ1n) is 6.80. The van der Waals surface area contributed by atoms with E-state index in [9.17, 15) is 9.90 Å². The maximum absolute atomic E-state index is 12.1. The number of rotatable bonds is 7. The van der Waals surface area contributed by atoms with Crippen LogP contribution in [0.3, 0.4) is 0 Å². The standard InChI is InChI=1S/C16H24O3/c1-11(2)15(17)12(3)16(18)13(4)19-10-14-8-6-5-7-9-14/h5-9,11-13,15,17H,10H2,1-4H3/t12-,13-,15-/m0/s1. The molecule has 3 nitrogen and oxygen atoms in total. The van der Waals surface area contributed by atoms with Crippen molar-refractivity contribution >= 4 is 5.78 Å². The van der Waals surface area contributed by atoms with Crippen molar-refractivity contribution in [2.24, 2.45) is 11.8 Å². The number of carbonyl (C=O) groups is 1. The lowest BCUT2D eigenvalue weighted by Gasteiger charge is -2.23. The second-order valence-corrected chi connectivity index (χ2v) is 5.36. The number of benzene rings is 1. The summed E-state index contributed by atoms with van der Waals surface area (Å²) < 4.78 is 5.58. The van der Waals surface area contributed by atoms with E-state index in [1.165, 1.54) is 0 Å². The van der Waals surface area contributed by atoms with Gasteiger partial charge in [0.1, 0.15) is 6.10 Å². The van der Waals surface area contributed by atoms with Crippen LogP contribution < -0.4 is 0 Å². The zero-order valence-electron chi connectivity index (χ0n) is 12.2. The number of hydrogen-bond donors (Lipinski definition) is 1. The van der Waals surface area contributed by atoms with E-state index < -0.39 is 18.1 Å². The molecule has 0 saturated carbocycles. The predicted octanol–water partition coefficient (Wildman–Crippen LogP) is 2.81. The molecule has 0 bridgehead atoms. The van der Waals surface area contributed by atoms with Gasteiger partial charge in [0.2, 0.25) is 0 Å². The molecule has 19 heavy (non-hydrogen) atoms. The molecule has 106 valence electrons. The van der Waals surface area contributed by atoms with E-state index in [-0.39, 0.29) is 11.7 Å². The van der Waals surface area contributed by atoms with E-state index in [4.69, 9.17) is 4.74 Å². The molecule has 3 atom stereocenters. The Morgan fingerprint density at radius 2 is 1.74 bits per heavy atom. The van der Waals surface area contributed by atoms with Gasteiger partial charge < -0.3 is 9.84 Å². The van der Waals surface area contributed by atoms with Crippen molar-refractivity contribution in [2.75, 3.05) is 0 Å². The molecule has 0 aliphatic heterocycles. The molecular weight excluding hydrogens is 240 g/mol. The molecule has 0 unspecified atom stereocenters. The van der Waals surface area contributed by atoms with Crippen molar-refractivity contribution in [1.82, 2.24) is 0 Å². The van der Waals surface area contributed by atoms with Gasteiger partial charge in [0.05, 0.1) is 12.7 Å². The molecular formula is C16H24O3. The van der Waals surface area contributed by atoms with Gasteiger partial charge in [-0.25, -0.2) is 0 Å². The highest BCUT2D eigenvalue weighted by Gasteiger charge is 2.28. The summed E-state index contributed by atoms with van der Waals surface area (Å²) in [5, 5.41) is 9.92. The smallest absolute Gasteiger partial charge is 0.166 e. The summed E-state index contributed by atoms with van der Waals surface area (Å²) in [6.45, 7) is 7.73. The Bertz CT molecular complexity index is 386. The van der Waals surface area contributed by atoms with E-state index in [1.54, 1.807) is 13.8 Å². The van der Waals surface area contributed by atoms with Crippen molar-refractivity contribution in [3.63, 3.8) is 0 Å². The van der Waals surface area contributed by atoms with Gasteiger partial charge in [-0.3, -0.25) is 4.79 Å². The second-order valence-electron chi connectivity index (χ2n) is 5.36. The summed E-state index contributed by atoms with van der Waals surface area (Å²) in [6, 6.07) is 9.75. The lowest BCUT2D eigenvalue weighted by atomic mass is 9.89. The third-order valence-corrected chi connectivity index (χ3v) is 3.39. The fraction of sp³-hybridized carbons (Fsp3) is 0.562. The maximum atomic E-state index is 12.1. The topological polar surface area (TPSA) is 46.5 Å². The molecule has 1 N–H and O–H groups in total. The van der Waals surface area contributed by atoms with Gasteiger partial charge in [-0.15, -0.1) is 0 Å². The van der Waals surface area contributed by atoms with E-state index in [1.807, 2.05) is 44.2 Å². The third-order valence-electron chi connectivity index (χ3n) is 3.39. The number of aliphatic hydroxyl groups excluding tert-OH is 1. The Morgan fingerprint density at radius 3 is 2.26 bits per heavy atom. The van der Waals surface area contributed by atoms with Crippen LogP contribution in [0.15, 0.2) is 30.3 Å². The van der Waals surface area contributed by atoms with E-state index in [2.05, 4.69) is 0 Å². The number of Topliss-reactive ketones (excluding diaryl/α,β-unsaturated/α-hetero) is 1. The monoisotopic (exact) mass is 264 g/mol. The normalized spacial score (nSPS) is 16.1. The molecule has 0 heterocycles. The molecule has 0 spiro atoms. The highest BCUT2D eigenvalue weighted by Crippen LogP contribution is 2.16. The van der Waals surface area contributed by atoms with Gasteiger partial charge >= 0.3 is 0 Å². The molecule has 0 aliphatic carbocycles. The van der Waals surface area contributed by atoms with Crippen LogP contribution in [0.25, 0.3) is 0 Å². The van der Waals surface area contributed by atoms with E-state index in [0.29, 0.717) is 6.61 Å². The largest absolute Gasteiger partial charge is 0.392 e. The SMILES string of the molecule is CC(C)[C@H](O)[C@H](C)C(=O)[C@H](C)OCc1ccccc1. The zero-order chi connectivity index (χ0) is 14.4. The fourth-order valence-corrected chi connectivity index (χ4v) is 1.99. The van der Waals surface area contributed by atoms with Gasteiger partial charge in [-0.1, -0.05) is 51.1 Å². The van der Waals surface area contributed by atoms with Crippen LogP contribution in [0.5, 0.6) is 0 Å². The Balaban J connectivity index is 2.49. The summed E-state index contributed by atoms with van der Waals surface area (Å²) in [4.78, 5) is 12.1. The lowest BCUT2D eigenvalue weighted by Crippen LogP contribution is -2.36. The summed E-state index contributed by atoms with van der Waals surface area (Å²) in [5.41, 5.74) is 1.04. The van der Waals surface area contributed by atoms with Crippen LogP contribution in [0.4, 0.5) is 0 Å². The Hall–Kier alpha value is -1.19. The minimum Gasteiger partial charge on any atom is -0.392 e. The van der Waals surface area contributed by atoms with Crippen LogP contribution in [-0.4, -0.2) is 23.1 Å². The van der Waals surface area contributed by atoms with Crippen molar-refractivity contribution < 1.29 is 14.6 Å². The Labute approximate surface area is 115 Å². The molecule has 0 aliphatic rings. The highest BCUT2D eigenvalue weighted by atomic mass is 16.5. The van der Waals surface area contributed by atoms with Crippen molar-refractivity contribution in [3.05, 3.63) is 35.9 Å². The van der Waals surface area contributed by atoms with Crippen LogP contribution in [0.2, 0.25) is 0 Å². The van der Waals surface area contributed by atoms with Crippen LogP contribution in [0, 0.1) is 11.8 Å². The molecule has 0 radical (unpaired) electrons. The number of ketones is 1. The van der Waals surface area contributed by atoms with Crippen molar-refractivity contribution in [2.45, 2.75) is 46.5 Å². The van der Waals surface area contributed by atoms with Crippen LogP contribution in [0.1, 0.15) is 33.3 Å². The first kappa shape index (κ1) is 15.9. The zero-order valence-corrected chi connectivity index (χ0v) is 12.2. The van der Waals surface area contributed by atoms with E-state index in [0.717, 1.165) is 5.56 Å². The molecule has 0 aromatic heterocycles. The van der Waals surface area contributed by atoms with Crippen LogP contribution in [-0.2, 0) is 16.1 Å². The number of carbonyl (C=O) groups excluding carboxylic acids is 1. The van der Waals surface area contributed by atoms with Gasteiger partial charge in [0.15, 0.2) is 5.78 Å². The summed E-state index contributed by atoms with van der Waals surface area (Å²) in [5.74, 6) is -0.372. The second kappa shape index (κ2) is 7.41. The van der Waals surface area contributed by atoms with E-state index >= 15 is 0 Å². The minimum absolute atomic E-state index is 0.0443. The van der Waals surface area contributed by atoms with Gasteiger partial charge in [0.25, 0.3) is 0 Å². The lowest BCUT2D eigenvalue weighted by molar-refractivity contribution is -0.138. The summed E-state index contributed by atoms with van der Waals surface area (Å²) >= 11 is 0. The third kappa shape index (κ3) is 4.77. The molecule has 3 heteroatoms. The molecule has 0 saturated heterocycles. The predicted molar refractivity (Wildman–Crippen MR) is 75.7 cm³/mol. The maximum Gasteiger partial charge on any atom is 0.166 e. The van der Waals surface area contributed by atoms with Gasteiger partial charge in [-0.05, 0) is 18.4 Å². The van der Waals surface area contributed by atoms with Gasteiger partial charge in [0, 0.05) is 5.92 Å². The first-order chi connectivity index (χ1) is 8.93. The summed E-state index contributed by atoms with van der Waals surface area (Å²) in [6.07, 6.45) is -1.11. The molecule has 0 amide bonds. The highest BCUT2D eigenvalue weighted by molar-refractivity contribution is 5.85. The summed E-state index contributed by atoms with van der Waals surface area (Å²) in [7, 11) is 0. The first-order valence-corrected chi connectivity index (χ1v) is 6.80. The van der Waals surface area contributed by atoms with Crippen molar-refractivity contribution in [3.8, 4) is 0 Å². The quantitative estimate of drug-likeness (QED) is 0.823. The van der Waals surface area contributed by atoms with Crippen LogP contribution >= 0.6 is 0 Å². The molecule has 0 fully saturated rings. The van der Waals surface area contributed by atoms with Gasteiger partial charge in [-0.2, -0.15) is 0 Å². The number of ether oxygens (including phenoxy) is 1. The average Bonchev–Trinajstić information content (AvgIpc) is 2.43. The van der Waals surface area contributed by atoms with Crippen molar-refractivity contribution in [1.29, 1.82) is 0 Å². The molecule has 1 aromatic rings.